The summed E-state index contributed by atoms with van der Waals surface area (Å²) in [4.78, 5) is 27.8. The third-order valence-electron chi connectivity index (χ3n) is 7.25. The highest BCUT2D eigenvalue weighted by atomic mass is 16.6. The first-order valence-electron chi connectivity index (χ1n) is 12.9. The lowest BCUT2D eigenvalue weighted by Gasteiger charge is -2.45. The van der Waals surface area contributed by atoms with E-state index in [2.05, 4.69) is 15.0 Å². The van der Waals surface area contributed by atoms with Gasteiger partial charge in [-0.2, -0.15) is 5.10 Å². The molecule has 10 heteroatoms. The molecular formula is C28H31N7O3. The number of likely N-dealkylation sites (tertiary alicyclic amines) is 1. The number of rotatable bonds is 4. The Morgan fingerprint density at radius 3 is 2.55 bits per heavy atom. The van der Waals surface area contributed by atoms with Gasteiger partial charge in [-0.3, -0.25) is 4.98 Å². The maximum Gasteiger partial charge on any atom is 0.410 e. The Kier molecular flexibility index (Phi) is 5.70. The largest absolute Gasteiger partial charge is 0.456 e. The number of nitrogens with zero attached hydrogens (tertiary/aromatic N) is 6. The number of carbonyl (C=O) groups excluding carboxylic acids is 1. The Morgan fingerprint density at radius 2 is 1.84 bits per heavy atom. The monoisotopic (exact) mass is 513 g/mol. The van der Waals surface area contributed by atoms with Gasteiger partial charge < -0.3 is 20.1 Å². The van der Waals surface area contributed by atoms with Gasteiger partial charge in [-0.15, -0.1) is 0 Å². The van der Waals surface area contributed by atoms with Crippen LogP contribution in [0.25, 0.3) is 22.4 Å². The summed E-state index contributed by atoms with van der Waals surface area (Å²) >= 11 is 0. The maximum absolute atomic E-state index is 12.6. The van der Waals surface area contributed by atoms with Crippen LogP contribution in [-0.4, -0.2) is 54.4 Å². The minimum absolute atomic E-state index is 0.0766. The molecule has 1 aliphatic heterocycles. The van der Waals surface area contributed by atoms with Gasteiger partial charge in [0.15, 0.2) is 5.65 Å². The van der Waals surface area contributed by atoms with E-state index in [0.29, 0.717) is 47.1 Å². The minimum atomic E-state index is -0.501. The second-order valence-electron chi connectivity index (χ2n) is 11.3. The van der Waals surface area contributed by atoms with Crippen molar-refractivity contribution >= 4 is 22.9 Å². The molecule has 4 aromatic rings. The van der Waals surface area contributed by atoms with E-state index in [9.17, 15) is 4.79 Å². The van der Waals surface area contributed by atoms with E-state index in [0.717, 1.165) is 25.0 Å². The van der Waals surface area contributed by atoms with E-state index < -0.39 is 5.60 Å². The number of pyridine rings is 1. The molecule has 196 valence electrons. The maximum atomic E-state index is 12.6. The first kappa shape index (κ1) is 24.1. The first-order valence-corrected chi connectivity index (χ1v) is 12.9. The molecule has 2 N–H and O–H groups in total. The number of carbonyl (C=O) groups is 1. The van der Waals surface area contributed by atoms with Gasteiger partial charge in [0.1, 0.15) is 34.9 Å². The number of benzene rings is 1. The van der Waals surface area contributed by atoms with E-state index in [1.165, 1.54) is 6.33 Å². The molecule has 38 heavy (non-hydrogen) atoms. The molecule has 1 aromatic carbocycles. The van der Waals surface area contributed by atoms with Crippen molar-refractivity contribution in [3.63, 3.8) is 0 Å². The van der Waals surface area contributed by atoms with Crippen LogP contribution < -0.4 is 10.5 Å². The lowest BCUT2D eigenvalue weighted by Crippen LogP contribution is -2.43. The summed E-state index contributed by atoms with van der Waals surface area (Å²) in [6, 6.07) is 13.5. The number of fused-ring (bicyclic) bond motifs is 1. The molecule has 1 spiro atoms. The summed E-state index contributed by atoms with van der Waals surface area (Å²) in [6.07, 6.45) is 5.67. The molecule has 0 unspecified atom stereocenters. The van der Waals surface area contributed by atoms with Crippen molar-refractivity contribution in [1.82, 2.24) is 29.6 Å². The summed E-state index contributed by atoms with van der Waals surface area (Å²) in [7, 11) is 0. The Balaban J connectivity index is 1.22. The molecule has 1 amide bonds. The molecule has 4 heterocycles. The molecule has 3 aromatic heterocycles. The summed E-state index contributed by atoms with van der Waals surface area (Å²) in [5.41, 5.74) is 7.89. The molecule has 0 bridgehead atoms. The van der Waals surface area contributed by atoms with E-state index in [4.69, 9.17) is 20.3 Å². The lowest BCUT2D eigenvalue weighted by molar-refractivity contribution is 0.0189. The van der Waals surface area contributed by atoms with Crippen LogP contribution in [0.3, 0.4) is 0 Å². The normalized spacial score (nSPS) is 21.0. The van der Waals surface area contributed by atoms with Gasteiger partial charge in [-0.25, -0.2) is 19.4 Å². The van der Waals surface area contributed by atoms with Crippen molar-refractivity contribution in [2.75, 3.05) is 18.8 Å². The van der Waals surface area contributed by atoms with Crippen molar-refractivity contribution in [3.8, 4) is 22.9 Å². The number of amides is 1. The van der Waals surface area contributed by atoms with Crippen LogP contribution in [0.15, 0.2) is 55.0 Å². The van der Waals surface area contributed by atoms with Crippen molar-refractivity contribution in [1.29, 1.82) is 0 Å². The average Bonchev–Trinajstić information content (AvgIpc) is 3.47. The van der Waals surface area contributed by atoms with E-state index >= 15 is 0 Å². The highest BCUT2D eigenvalue weighted by Gasteiger charge is 2.51. The van der Waals surface area contributed by atoms with Crippen LogP contribution in [0.1, 0.15) is 46.1 Å². The number of ether oxygens (including phenoxy) is 2. The van der Waals surface area contributed by atoms with Crippen LogP contribution >= 0.6 is 0 Å². The SMILES string of the molecule is CC(C)(C)OC(=O)N1CC[C@]2(C1)C[C@H](n1nc(-c3ccc(Oc4ccccc4)cn3)c3c(N)ncnc31)C2. The van der Waals surface area contributed by atoms with Crippen LogP contribution in [-0.2, 0) is 4.74 Å². The van der Waals surface area contributed by atoms with Gasteiger partial charge in [0.2, 0.25) is 0 Å². The number of nitrogens with two attached hydrogens (primary N) is 1. The Morgan fingerprint density at radius 1 is 1.05 bits per heavy atom. The zero-order chi connectivity index (χ0) is 26.5. The highest BCUT2D eigenvalue weighted by molar-refractivity contribution is 5.97. The zero-order valence-electron chi connectivity index (χ0n) is 21.8. The standard InChI is InChI=1S/C28H31N7O3/c1-27(2,3)38-26(36)34-12-11-28(16-34)13-18(14-28)35-25-22(24(29)31-17-32-25)23(33-35)21-10-9-20(15-30-21)37-19-7-5-4-6-8-19/h4-10,15,17-18H,11-14,16H2,1-3H3,(H2,29,31,32)/t18-,28-. The van der Waals surface area contributed by atoms with Crippen LogP contribution in [0, 0.1) is 5.41 Å². The number of hydrogen-bond donors (Lipinski definition) is 1. The second kappa shape index (κ2) is 8.97. The zero-order valence-corrected chi connectivity index (χ0v) is 21.8. The number of anilines is 1. The Bertz CT molecular complexity index is 1470. The summed E-state index contributed by atoms with van der Waals surface area (Å²) in [6.45, 7) is 7.09. The highest BCUT2D eigenvalue weighted by Crippen LogP contribution is 2.54. The summed E-state index contributed by atoms with van der Waals surface area (Å²) in [5.74, 6) is 1.74. The second-order valence-corrected chi connectivity index (χ2v) is 11.3. The first-order chi connectivity index (χ1) is 18.2. The van der Waals surface area contributed by atoms with E-state index in [-0.39, 0.29) is 17.6 Å². The topological polar surface area (TPSA) is 121 Å². The van der Waals surface area contributed by atoms with Gasteiger partial charge in [0.05, 0.1) is 23.3 Å². The third kappa shape index (κ3) is 4.51. The van der Waals surface area contributed by atoms with Gasteiger partial charge in [-0.1, -0.05) is 18.2 Å². The Labute approximate surface area is 220 Å². The number of nitrogen functional groups attached to an aromatic ring is 1. The van der Waals surface area contributed by atoms with Gasteiger partial charge in [0, 0.05) is 13.1 Å². The Hall–Kier alpha value is -4.21. The van der Waals surface area contributed by atoms with E-state index in [1.54, 1.807) is 6.20 Å². The van der Waals surface area contributed by atoms with Gasteiger partial charge >= 0.3 is 6.09 Å². The van der Waals surface area contributed by atoms with Gasteiger partial charge in [-0.05, 0) is 69.7 Å². The third-order valence-corrected chi connectivity index (χ3v) is 7.25. The van der Waals surface area contributed by atoms with Crippen LogP contribution in [0.2, 0.25) is 0 Å². The average molecular weight is 514 g/mol. The quantitative estimate of drug-likeness (QED) is 0.394. The fraction of sp³-hybridized carbons (Fsp3) is 0.393. The van der Waals surface area contributed by atoms with Crippen LogP contribution in [0.4, 0.5) is 10.6 Å². The molecular weight excluding hydrogens is 482 g/mol. The minimum Gasteiger partial charge on any atom is -0.456 e. The van der Waals surface area contributed by atoms with Gasteiger partial charge in [0.25, 0.3) is 0 Å². The summed E-state index contributed by atoms with van der Waals surface area (Å²) in [5, 5.41) is 5.63. The van der Waals surface area contributed by atoms with Crippen molar-refractivity contribution < 1.29 is 14.3 Å². The molecule has 1 saturated heterocycles. The summed E-state index contributed by atoms with van der Waals surface area (Å²) < 4.78 is 13.4. The van der Waals surface area contributed by atoms with Crippen molar-refractivity contribution in [3.05, 3.63) is 55.0 Å². The fourth-order valence-corrected chi connectivity index (χ4v) is 5.50. The van der Waals surface area contributed by atoms with Crippen LogP contribution in [0.5, 0.6) is 11.5 Å². The number of hydrogen-bond acceptors (Lipinski definition) is 8. The predicted molar refractivity (Wildman–Crippen MR) is 143 cm³/mol. The lowest BCUT2D eigenvalue weighted by atomic mass is 9.65. The number of aromatic nitrogens is 5. The fourth-order valence-electron chi connectivity index (χ4n) is 5.50. The predicted octanol–water partition coefficient (Wildman–Crippen LogP) is 5.22. The molecule has 2 aliphatic rings. The number of para-hydroxylation sites is 1. The molecule has 2 fully saturated rings. The van der Waals surface area contributed by atoms with Crippen molar-refractivity contribution in [2.45, 2.75) is 51.7 Å². The smallest absolute Gasteiger partial charge is 0.410 e. The molecule has 1 saturated carbocycles. The molecule has 0 radical (unpaired) electrons. The van der Waals surface area contributed by atoms with Crippen molar-refractivity contribution in [2.24, 2.45) is 5.41 Å². The molecule has 1 aliphatic carbocycles. The molecule has 10 nitrogen and oxygen atoms in total. The molecule has 0 atom stereocenters. The molecule has 6 rings (SSSR count). The van der Waals surface area contributed by atoms with E-state index in [1.807, 2.05) is 72.8 Å².